The van der Waals surface area contributed by atoms with Crippen molar-refractivity contribution in [1.82, 2.24) is 9.47 Å². The molecule has 0 radical (unpaired) electrons. The molecule has 0 aliphatic rings. The van der Waals surface area contributed by atoms with E-state index in [9.17, 15) is 4.79 Å². The van der Waals surface area contributed by atoms with Gasteiger partial charge in [0.2, 0.25) is 0 Å². The van der Waals surface area contributed by atoms with Gasteiger partial charge in [-0.05, 0) is 44.4 Å². The van der Waals surface area contributed by atoms with Crippen molar-refractivity contribution in [3.8, 4) is 0 Å². The van der Waals surface area contributed by atoms with Gasteiger partial charge in [0.05, 0.1) is 13.2 Å². The van der Waals surface area contributed by atoms with Gasteiger partial charge in [-0.15, -0.1) is 0 Å². The number of rotatable bonds is 9. The Bertz CT molecular complexity index is 706. The Morgan fingerprint density at radius 3 is 2.62 bits per heavy atom. The van der Waals surface area contributed by atoms with E-state index in [0.29, 0.717) is 25.1 Å². The van der Waals surface area contributed by atoms with Gasteiger partial charge in [0, 0.05) is 31.0 Å². The van der Waals surface area contributed by atoms with E-state index in [1.807, 2.05) is 6.92 Å². The fraction of sp³-hybridized carbons (Fsp3) is 0.500. The van der Waals surface area contributed by atoms with Crippen LogP contribution in [0.1, 0.15) is 44.5 Å². The van der Waals surface area contributed by atoms with Gasteiger partial charge in [0.25, 0.3) is 0 Å². The Morgan fingerprint density at radius 1 is 1.19 bits per heavy atom. The van der Waals surface area contributed by atoms with Crippen molar-refractivity contribution in [2.75, 3.05) is 13.2 Å². The Morgan fingerprint density at radius 2 is 1.96 bits per heavy atom. The van der Waals surface area contributed by atoms with E-state index in [2.05, 4.69) is 79.8 Å². The molecule has 1 aromatic heterocycles. The van der Waals surface area contributed by atoms with Gasteiger partial charge in [0.1, 0.15) is 0 Å². The third kappa shape index (κ3) is 5.73. The summed E-state index contributed by atoms with van der Waals surface area (Å²) in [6, 6.07) is 13.1. The van der Waals surface area contributed by atoms with Gasteiger partial charge in [-0.1, -0.05) is 43.7 Å². The quantitative estimate of drug-likeness (QED) is 0.630. The molecule has 142 valence electrons. The summed E-state index contributed by atoms with van der Waals surface area (Å²) in [7, 11) is 0. The summed E-state index contributed by atoms with van der Waals surface area (Å²) in [5.41, 5.74) is 3.77. The summed E-state index contributed by atoms with van der Waals surface area (Å²) in [5, 5.41) is 0. The second kappa shape index (κ2) is 9.58. The molecule has 1 atom stereocenters. The highest BCUT2D eigenvalue weighted by Gasteiger charge is 2.22. The third-order valence-corrected chi connectivity index (χ3v) is 4.90. The number of carbonyl (C=O) groups excluding carboxylic acids is 1. The zero-order valence-corrected chi connectivity index (χ0v) is 16.7. The van der Waals surface area contributed by atoms with Crippen LogP contribution in [0, 0.1) is 12.8 Å². The number of esters is 1. The first-order chi connectivity index (χ1) is 12.4. The smallest absolute Gasteiger partial charge is 0.320 e. The Kier molecular flexibility index (Phi) is 7.46. The topological polar surface area (TPSA) is 34.5 Å². The minimum atomic E-state index is -0.156. The van der Waals surface area contributed by atoms with Gasteiger partial charge in [-0.3, -0.25) is 9.69 Å². The van der Waals surface area contributed by atoms with Crippen molar-refractivity contribution in [3.63, 3.8) is 0 Å². The standard InChI is InChI=1S/C22H32N2O2/c1-6-26-22(25)16-24(19(5)17(2)3)15-21-11-8-12-23(21)14-20-10-7-9-18(4)13-20/h7-13,17,19H,6,14-16H2,1-5H3/t19-/m1/s1. The van der Waals surface area contributed by atoms with E-state index in [1.165, 1.54) is 16.8 Å². The van der Waals surface area contributed by atoms with Crippen molar-refractivity contribution < 1.29 is 9.53 Å². The van der Waals surface area contributed by atoms with Crippen molar-refractivity contribution in [3.05, 3.63) is 59.4 Å². The summed E-state index contributed by atoms with van der Waals surface area (Å²) < 4.78 is 7.44. The summed E-state index contributed by atoms with van der Waals surface area (Å²) in [6.07, 6.45) is 2.11. The van der Waals surface area contributed by atoms with Crippen LogP contribution in [-0.2, 0) is 22.6 Å². The van der Waals surface area contributed by atoms with Crippen LogP contribution in [0.2, 0.25) is 0 Å². The highest BCUT2D eigenvalue weighted by Crippen LogP contribution is 2.17. The first-order valence-corrected chi connectivity index (χ1v) is 9.50. The molecule has 0 unspecified atom stereocenters. The van der Waals surface area contributed by atoms with Gasteiger partial charge >= 0.3 is 5.97 Å². The molecule has 4 nitrogen and oxygen atoms in total. The third-order valence-electron chi connectivity index (χ3n) is 4.90. The number of carbonyl (C=O) groups is 1. The lowest BCUT2D eigenvalue weighted by Gasteiger charge is -2.31. The molecular formula is C22H32N2O2. The summed E-state index contributed by atoms with van der Waals surface area (Å²) in [5.74, 6) is 0.307. The molecule has 1 heterocycles. The average Bonchev–Trinajstić information content (AvgIpc) is 3.00. The second-order valence-corrected chi connectivity index (χ2v) is 7.31. The molecule has 0 saturated heterocycles. The lowest BCUT2D eigenvalue weighted by atomic mass is 10.0. The highest BCUT2D eigenvalue weighted by molar-refractivity contribution is 5.71. The molecule has 0 aliphatic carbocycles. The maximum absolute atomic E-state index is 12.1. The summed E-state index contributed by atoms with van der Waals surface area (Å²) >= 11 is 0. The van der Waals surface area contributed by atoms with E-state index < -0.39 is 0 Å². The van der Waals surface area contributed by atoms with E-state index in [1.54, 1.807) is 0 Å². The number of aryl methyl sites for hydroxylation is 1. The molecule has 0 spiro atoms. The minimum Gasteiger partial charge on any atom is -0.465 e. The molecule has 26 heavy (non-hydrogen) atoms. The largest absolute Gasteiger partial charge is 0.465 e. The molecule has 0 amide bonds. The van der Waals surface area contributed by atoms with E-state index in [-0.39, 0.29) is 5.97 Å². The van der Waals surface area contributed by atoms with Crippen molar-refractivity contribution >= 4 is 5.97 Å². The Labute approximate surface area is 157 Å². The van der Waals surface area contributed by atoms with Crippen molar-refractivity contribution in [1.29, 1.82) is 0 Å². The minimum absolute atomic E-state index is 0.156. The molecule has 0 saturated carbocycles. The summed E-state index contributed by atoms with van der Waals surface area (Å²) in [4.78, 5) is 14.3. The van der Waals surface area contributed by atoms with Crippen LogP contribution in [0.25, 0.3) is 0 Å². The lowest BCUT2D eigenvalue weighted by molar-refractivity contribution is -0.145. The van der Waals surface area contributed by atoms with Crippen LogP contribution in [0.15, 0.2) is 42.6 Å². The van der Waals surface area contributed by atoms with E-state index in [4.69, 9.17) is 4.74 Å². The molecule has 1 aromatic carbocycles. The summed E-state index contributed by atoms with van der Waals surface area (Å²) in [6.45, 7) is 12.8. The normalized spacial score (nSPS) is 12.6. The first kappa shape index (κ1) is 20.2. The van der Waals surface area contributed by atoms with Gasteiger partial charge in [-0.25, -0.2) is 0 Å². The van der Waals surface area contributed by atoms with E-state index in [0.717, 1.165) is 13.1 Å². The van der Waals surface area contributed by atoms with Gasteiger partial charge < -0.3 is 9.30 Å². The fourth-order valence-corrected chi connectivity index (χ4v) is 3.10. The zero-order valence-electron chi connectivity index (χ0n) is 16.7. The van der Waals surface area contributed by atoms with Crippen LogP contribution in [0.4, 0.5) is 0 Å². The van der Waals surface area contributed by atoms with E-state index >= 15 is 0 Å². The molecular weight excluding hydrogens is 324 g/mol. The molecule has 0 fully saturated rings. The Hall–Kier alpha value is -2.07. The number of ether oxygens (including phenoxy) is 1. The van der Waals surface area contributed by atoms with Crippen LogP contribution in [-0.4, -0.2) is 34.6 Å². The van der Waals surface area contributed by atoms with Crippen molar-refractivity contribution in [2.45, 2.75) is 53.8 Å². The Balaban J connectivity index is 2.15. The molecule has 0 bridgehead atoms. The molecule has 0 aliphatic heterocycles. The SMILES string of the molecule is CCOC(=O)CN(Cc1cccn1Cc1cccc(C)c1)[C@H](C)C(C)C. The van der Waals surface area contributed by atoms with Gasteiger partial charge in [0.15, 0.2) is 0 Å². The number of hydrogen-bond acceptors (Lipinski definition) is 3. The molecule has 2 aromatic rings. The van der Waals surface area contributed by atoms with Crippen LogP contribution in [0.5, 0.6) is 0 Å². The number of aromatic nitrogens is 1. The first-order valence-electron chi connectivity index (χ1n) is 9.50. The molecule has 4 heteroatoms. The van der Waals surface area contributed by atoms with Crippen LogP contribution in [0.3, 0.4) is 0 Å². The monoisotopic (exact) mass is 356 g/mol. The second-order valence-electron chi connectivity index (χ2n) is 7.31. The maximum atomic E-state index is 12.1. The van der Waals surface area contributed by atoms with Gasteiger partial charge in [-0.2, -0.15) is 0 Å². The predicted molar refractivity (Wildman–Crippen MR) is 106 cm³/mol. The maximum Gasteiger partial charge on any atom is 0.320 e. The average molecular weight is 357 g/mol. The number of hydrogen-bond donors (Lipinski definition) is 0. The van der Waals surface area contributed by atoms with Crippen LogP contribution >= 0.6 is 0 Å². The lowest BCUT2D eigenvalue weighted by Crippen LogP contribution is -2.40. The number of benzene rings is 1. The number of nitrogens with zero attached hydrogens (tertiary/aromatic N) is 2. The van der Waals surface area contributed by atoms with Crippen LogP contribution < -0.4 is 0 Å². The fourth-order valence-electron chi connectivity index (χ4n) is 3.10. The predicted octanol–water partition coefficient (Wildman–Crippen LogP) is 4.25. The molecule has 0 N–H and O–H groups in total. The zero-order chi connectivity index (χ0) is 19.1. The molecule has 2 rings (SSSR count). The highest BCUT2D eigenvalue weighted by atomic mass is 16.5. The van der Waals surface area contributed by atoms with Crippen molar-refractivity contribution in [2.24, 2.45) is 5.92 Å².